The van der Waals surface area contributed by atoms with Crippen molar-refractivity contribution in [2.75, 3.05) is 14.1 Å². The summed E-state index contributed by atoms with van der Waals surface area (Å²) in [6.45, 7) is 10.9. The zero-order chi connectivity index (χ0) is 11.1. The number of allylic oxidation sites excluding steroid dienone is 1. The summed E-state index contributed by atoms with van der Waals surface area (Å²) in [5.41, 5.74) is 2.24. The smallest absolute Gasteiger partial charge is 0.0608 e. The van der Waals surface area contributed by atoms with Crippen LogP contribution in [-0.2, 0) is 0 Å². The van der Waals surface area contributed by atoms with E-state index in [-0.39, 0.29) is 0 Å². The number of hydrogen-bond acceptors (Lipinski definition) is 1. The maximum absolute atomic E-state index is 4.07. The van der Waals surface area contributed by atoms with Crippen molar-refractivity contribution in [3.63, 3.8) is 0 Å². The Morgan fingerprint density at radius 1 is 1.36 bits per heavy atom. The Labute approximate surface area is 91.8 Å². The summed E-state index contributed by atoms with van der Waals surface area (Å²) in [5.74, 6) is 0. The van der Waals surface area contributed by atoms with E-state index >= 15 is 0 Å². The van der Waals surface area contributed by atoms with Gasteiger partial charge in [0.25, 0.3) is 0 Å². The van der Waals surface area contributed by atoms with Gasteiger partial charge in [0.2, 0.25) is 0 Å². The second-order valence-corrected chi connectivity index (χ2v) is 7.92. The Balaban J connectivity index is 4.34. The van der Waals surface area contributed by atoms with Crippen molar-refractivity contribution in [1.29, 1.82) is 0 Å². The highest BCUT2D eigenvalue weighted by Crippen LogP contribution is 2.17. The summed E-state index contributed by atoms with van der Waals surface area (Å²) in [6.07, 6.45) is 2.64. The molecular formula is C12H27NSi. The van der Waals surface area contributed by atoms with E-state index in [4.69, 9.17) is 0 Å². The monoisotopic (exact) mass is 213 g/mol. The fourth-order valence-corrected chi connectivity index (χ4v) is 6.38. The van der Waals surface area contributed by atoms with Crippen molar-refractivity contribution in [3.8, 4) is 0 Å². The molecule has 0 amide bonds. The molecule has 1 nitrogen and oxygen atoms in total. The van der Waals surface area contributed by atoms with Gasteiger partial charge in [0.1, 0.15) is 0 Å². The molecule has 0 rings (SSSR count). The molecule has 0 heterocycles. The SMILES string of the molecule is C=C(C)C[SiH](CCC)C(CC)N(C)C. The van der Waals surface area contributed by atoms with Crippen molar-refractivity contribution in [3.05, 3.63) is 12.2 Å². The highest BCUT2D eigenvalue weighted by atomic mass is 28.3. The van der Waals surface area contributed by atoms with Crippen molar-refractivity contribution >= 4 is 8.80 Å². The minimum atomic E-state index is -0.638. The van der Waals surface area contributed by atoms with Gasteiger partial charge in [-0.15, -0.1) is 6.58 Å². The van der Waals surface area contributed by atoms with Crippen LogP contribution in [0.3, 0.4) is 0 Å². The highest BCUT2D eigenvalue weighted by Gasteiger charge is 2.22. The molecule has 0 aliphatic rings. The highest BCUT2D eigenvalue weighted by molar-refractivity contribution is 6.61. The molecule has 2 atom stereocenters. The Hall–Kier alpha value is -0.0831. The fraction of sp³-hybridized carbons (Fsp3) is 0.833. The lowest BCUT2D eigenvalue weighted by Gasteiger charge is -2.30. The molecule has 0 bridgehead atoms. The van der Waals surface area contributed by atoms with Gasteiger partial charge in [0.15, 0.2) is 0 Å². The van der Waals surface area contributed by atoms with Gasteiger partial charge in [0.05, 0.1) is 8.80 Å². The van der Waals surface area contributed by atoms with Crippen LogP contribution < -0.4 is 0 Å². The van der Waals surface area contributed by atoms with Crippen molar-refractivity contribution in [2.45, 2.75) is 51.4 Å². The lowest BCUT2D eigenvalue weighted by atomic mass is 10.4. The molecule has 84 valence electrons. The number of rotatable bonds is 7. The fourth-order valence-electron chi connectivity index (χ4n) is 2.37. The molecule has 14 heavy (non-hydrogen) atoms. The average Bonchev–Trinajstić information content (AvgIpc) is 2.03. The van der Waals surface area contributed by atoms with Gasteiger partial charge in [-0.3, -0.25) is 0 Å². The molecule has 0 aromatic rings. The second kappa shape index (κ2) is 7.24. The summed E-state index contributed by atoms with van der Waals surface area (Å²) in [4.78, 5) is 2.43. The largest absolute Gasteiger partial charge is 0.310 e. The van der Waals surface area contributed by atoms with Gasteiger partial charge < -0.3 is 4.90 Å². The molecule has 0 fully saturated rings. The van der Waals surface area contributed by atoms with Crippen molar-refractivity contribution in [1.82, 2.24) is 4.90 Å². The third kappa shape index (κ3) is 4.96. The van der Waals surface area contributed by atoms with Gasteiger partial charge in [-0.1, -0.05) is 31.9 Å². The lowest BCUT2D eigenvalue weighted by Crippen LogP contribution is -2.41. The van der Waals surface area contributed by atoms with Crippen LogP contribution in [0.4, 0.5) is 0 Å². The third-order valence-electron chi connectivity index (χ3n) is 2.90. The van der Waals surface area contributed by atoms with E-state index in [1.165, 1.54) is 30.5 Å². The van der Waals surface area contributed by atoms with Crippen molar-refractivity contribution < 1.29 is 0 Å². The summed E-state index contributed by atoms with van der Waals surface area (Å²) >= 11 is 0. The molecular weight excluding hydrogens is 186 g/mol. The molecule has 0 aromatic heterocycles. The molecule has 0 aliphatic carbocycles. The average molecular weight is 213 g/mol. The van der Waals surface area contributed by atoms with Gasteiger partial charge in [-0.25, -0.2) is 0 Å². The van der Waals surface area contributed by atoms with Crippen LogP contribution in [0.2, 0.25) is 12.1 Å². The van der Waals surface area contributed by atoms with Crippen LogP contribution in [0.15, 0.2) is 12.2 Å². The van der Waals surface area contributed by atoms with Gasteiger partial charge >= 0.3 is 0 Å². The summed E-state index contributed by atoms with van der Waals surface area (Å²) in [5, 5.41) is 0. The number of nitrogens with zero attached hydrogens (tertiary/aromatic N) is 1. The first-order valence-corrected chi connectivity index (χ1v) is 8.13. The van der Waals surface area contributed by atoms with Crippen LogP contribution >= 0.6 is 0 Å². The molecule has 0 aromatic carbocycles. The molecule has 0 saturated heterocycles. The van der Waals surface area contributed by atoms with Gasteiger partial charge in [-0.05, 0) is 39.1 Å². The van der Waals surface area contributed by atoms with E-state index in [2.05, 4.69) is 46.3 Å². The summed E-state index contributed by atoms with van der Waals surface area (Å²) in [6, 6.07) is 2.79. The van der Waals surface area contributed by atoms with E-state index in [9.17, 15) is 0 Å². The van der Waals surface area contributed by atoms with E-state index in [1.54, 1.807) is 0 Å². The Kier molecular flexibility index (Phi) is 7.20. The van der Waals surface area contributed by atoms with E-state index in [0.717, 1.165) is 5.67 Å². The van der Waals surface area contributed by atoms with Crippen LogP contribution in [-0.4, -0.2) is 33.5 Å². The molecule has 0 aliphatic heterocycles. The maximum Gasteiger partial charge on any atom is 0.0608 e. The first-order valence-electron chi connectivity index (χ1n) is 5.83. The third-order valence-corrected chi connectivity index (χ3v) is 7.59. The molecule has 2 heteroatoms. The van der Waals surface area contributed by atoms with Crippen LogP contribution in [0.5, 0.6) is 0 Å². The zero-order valence-electron chi connectivity index (χ0n) is 10.6. The van der Waals surface area contributed by atoms with E-state index in [1.807, 2.05) is 0 Å². The molecule has 2 unspecified atom stereocenters. The number of hydrogen-bond donors (Lipinski definition) is 0. The topological polar surface area (TPSA) is 3.24 Å². The molecule has 0 spiro atoms. The maximum atomic E-state index is 4.07. The van der Waals surface area contributed by atoms with Crippen molar-refractivity contribution in [2.24, 2.45) is 0 Å². The van der Waals surface area contributed by atoms with E-state index < -0.39 is 8.80 Å². The van der Waals surface area contributed by atoms with Crippen LogP contribution in [0.25, 0.3) is 0 Å². The normalized spacial score (nSPS) is 15.6. The molecule has 0 radical (unpaired) electrons. The minimum Gasteiger partial charge on any atom is -0.310 e. The Morgan fingerprint density at radius 2 is 1.93 bits per heavy atom. The standard InChI is InChI=1S/C12H27NSi/c1-7-9-14(10-11(3)4)12(8-2)13(5)6/h12,14H,3,7-10H2,1-2,4-6H3. The predicted molar refractivity (Wildman–Crippen MR) is 69.6 cm³/mol. The minimum absolute atomic E-state index is 0.638. The predicted octanol–water partition coefficient (Wildman–Crippen LogP) is 3.08. The van der Waals surface area contributed by atoms with Gasteiger partial charge in [0, 0.05) is 0 Å². The second-order valence-electron chi connectivity index (χ2n) is 4.65. The summed E-state index contributed by atoms with van der Waals surface area (Å²) < 4.78 is 0. The van der Waals surface area contributed by atoms with Crippen LogP contribution in [0.1, 0.15) is 33.6 Å². The lowest BCUT2D eigenvalue weighted by molar-refractivity contribution is 0.358. The molecule has 0 N–H and O–H groups in total. The van der Waals surface area contributed by atoms with E-state index in [0.29, 0.717) is 0 Å². The first-order chi connectivity index (χ1) is 6.52. The zero-order valence-corrected chi connectivity index (χ0v) is 11.8. The molecule has 0 saturated carbocycles. The Bertz CT molecular complexity index is 166. The quantitative estimate of drug-likeness (QED) is 0.464. The Morgan fingerprint density at radius 3 is 2.21 bits per heavy atom. The summed E-state index contributed by atoms with van der Waals surface area (Å²) in [7, 11) is 3.81. The first kappa shape index (κ1) is 13.9. The van der Waals surface area contributed by atoms with Crippen LogP contribution in [0, 0.1) is 0 Å². The van der Waals surface area contributed by atoms with Gasteiger partial charge in [-0.2, -0.15) is 0 Å².